The van der Waals surface area contributed by atoms with Crippen molar-refractivity contribution in [2.45, 2.75) is 38.1 Å². The number of hydrogen-bond donors (Lipinski definition) is 2. The number of nitrogens with zero attached hydrogens (tertiary/aromatic N) is 1. The van der Waals surface area contributed by atoms with Crippen LogP contribution in [-0.2, 0) is 16.8 Å². The van der Waals surface area contributed by atoms with Gasteiger partial charge < -0.3 is 9.73 Å². The molecule has 6 nitrogen and oxygen atoms in total. The summed E-state index contributed by atoms with van der Waals surface area (Å²) in [5.41, 5.74) is 2.01. The number of rotatable bonds is 6. The molecule has 28 heavy (non-hydrogen) atoms. The van der Waals surface area contributed by atoms with E-state index < -0.39 is 0 Å². The lowest BCUT2D eigenvalue weighted by Gasteiger charge is -2.43. The number of thiazole rings is 1. The first kappa shape index (κ1) is 18.4. The van der Waals surface area contributed by atoms with Crippen LogP contribution in [-0.4, -0.2) is 16.8 Å². The Hall–Kier alpha value is -2.93. The van der Waals surface area contributed by atoms with Gasteiger partial charge in [-0.2, -0.15) is 0 Å². The second-order valence-electron chi connectivity index (χ2n) is 7.02. The Morgan fingerprint density at radius 2 is 2.00 bits per heavy atom. The lowest BCUT2D eigenvalue weighted by molar-refractivity contribution is -0.123. The lowest BCUT2D eigenvalue weighted by atomic mass is 9.71. The van der Waals surface area contributed by atoms with Crippen LogP contribution < -0.4 is 10.6 Å². The lowest BCUT2D eigenvalue weighted by Crippen LogP contribution is -2.51. The summed E-state index contributed by atoms with van der Waals surface area (Å²) >= 11 is 1.30. The molecule has 2 amide bonds. The number of carbonyl (C=O) groups is 2. The minimum atomic E-state index is -0.269. The average molecular weight is 395 g/mol. The SMILES string of the molecule is Cc1occc1C(=O)Nc1nc(CC(=O)NC2(c3ccccc3)CCC2)cs1. The number of aromatic nitrogens is 1. The molecule has 7 heteroatoms. The molecule has 4 rings (SSSR count). The molecule has 2 N–H and O–H groups in total. The molecular formula is C21H21N3O3S. The zero-order valence-corrected chi connectivity index (χ0v) is 16.3. The summed E-state index contributed by atoms with van der Waals surface area (Å²) in [4.78, 5) is 29.2. The van der Waals surface area contributed by atoms with E-state index in [0.29, 0.717) is 22.1 Å². The molecule has 0 spiro atoms. The van der Waals surface area contributed by atoms with E-state index in [-0.39, 0.29) is 23.8 Å². The van der Waals surface area contributed by atoms with Gasteiger partial charge in [-0.1, -0.05) is 30.3 Å². The number of benzene rings is 1. The molecule has 144 valence electrons. The van der Waals surface area contributed by atoms with E-state index in [1.165, 1.54) is 17.6 Å². The summed E-state index contributed by atoms with van der Waals surface area (Å²) in [6, 6.07) is 11.7. The number of nitrogens with one attached hydrogen (secondary N) is 2. The van der Waals surface area contributed by atoms with Gasteiger partial charge in [-0.3, -0.25) is 14.9 Å². The first-order valence-electron chi connectivity index (χ1n) is 9.22. The second-order valence-corrected chi connectivity index (χ2v) is 7.87. The van der Waals surface area contributed by atoms with Crippen LogP contribution in [0.25, 0.3) is 0 Å². The molecular weight excluding hydrogens is 374 g/mol. The molecule has 0 unspecified atom stereocenters. The number of hydrogen-bond acceptors (Lipinski definition) is 5. The summed E-state index contributed by atoms with van der Waals surface area (Å²) in [5.74, 6) is 0.229. The van der Waals surface area contributed by atoms with Crippen molar-refractivity contribution >= 4 is 28.3 Å². The molecule has 0 radical (unpaired) electrons. The number of carbonyl (C=O) groups excluding carboxylic acids is 2. The molecule has 3 aromatic rings. The van der Waals surface area contributed by atoms with Gasteiger partial charge in [-0.05, 0) is 37.8 Å². The van der Waals surface area contributed by atoms with Crippen LogP contribution in [0.4, 0.5) is 5.13 Å². The summed E-state index contributed by atoms with van der Waals surface area (Å²) in [6.45, 7) is 1.73. The fourth-order valence-electron chi connectivity index (χ4n) is 3.48. The summed E-state index contributed by atoms with van der Waals surface area (Å²) < 4.78 is 5.15. The zero-order valence-electron chi connectivity index (χ0n) is 15.5. The van der Waals surface area contributed by atoms with Crippen molar-refractivity contribution < 1.29 is 14.0 Å². The van der Waals surface area contributed by atoms with Crippen LogP contribution in [0.5, 0.6) is 0 Å². The number of furan rings is 1. The number of aryl methyl sites for hydroxylation is 1. The topological polar surface area (TPSA) is 84.2 Å². The molecule has 0 aliphatic heterocycles. The predicted molar refractivity (Wildman–Crippen MR) is 107 cm³/mol. The Bertz CT molecular complexity index is 989. The number of amides is 2. The fourth-order valence-corrected chi connectivity index (χ4v) is 4.18. The third-order valence-electron chi connectivity index (χ3n) is 5.13. The van der Waals surface area contributed by atoms with Gasteiger partial charge in [0.15, 0.2) is 5.13 Å². The molecule has 1 saturated carbocycles. The van der Waals surface area contributed by atoms with Gasteiger partial charge in [0.1, 0.15) is 5.76 Å². The fraction of sp³-hybridized carbons (Fsp3) is 0.286. The summed E-state index contributed by atoms with van der Waals surface area (Å²) in [7, 11) is 0. The summed E-state index contributed by atoms with van der Waals surface area (Å²) in [6.07, 6.45) is 4.67. The minimum absolute atomic E-state index is 0.0580. The highest BCUT2D eigenvalue weighted by Gasteiger charge is 2.39. The maximum atomic E-state index is 12.6. The van der Waals surface area contributed by atoms with Crippen LogP contribution in [0, 0.1) is 6.92 Å². The highest BCUT2D eigenvalue weighted by molar-refractivity contribution is 7.14. The number of anilines is 1. The molecule has 0 atom stereocenters. The highest BCUT2D eigenvalue weighted by Crippen LogP contribution is 2.41. The van der Waals surface area contributed by atoms with Crippen molar-refractivity contribution in [1.29, 1.82) is 0 Å². The van der Waals surface area contributed by atoms with Crippen molar-refractivity contribution in [3.05, 3.63) is 70.6 Å². The van der Waals surface area contributed by atoms with E-state index in [2.05, 4.69) is 27.8 Å². The Morgan fingerprint density at radius 3 is 2.64 bits per heavy atom. The van der Waals surface area contributed by atoms with Gasteiger partial charge in [0, 0.05) is 5.38 Å². The molecule has 1 fully saturated rings. The second kappa shape index (κ2) is 7.59. The van der Waals surface area contributed by atoms with E-state index in [1.807, 2.05) is 18.2 Å². The Morgan fingerprint density at radius 1 is 1.21 bits per heavy atom. The molecule has 1 aromatic carbocycles. The van der Waals surface area contributed by atoms with Crippen molar-refractivity contribution in [2.24, 2.45) is 0 Å². The molecule has 0 bridgehead atoms. The molecule has 2 heterocycles. The van der Waals surface area contributed by atoms with Gasteiger partial charge in [-0.15, -0.1) is 11.3 Å². The third kappa shape index (κ3) is 3.71. The van der Waals surface area contributed by atoms with E-state index in [9.17, 15) is 9.59 Å². The van der Waals surface area contributed by atoms with Gasteiger partial charge in [-0.25, -0.2) is 4.98 Å². The Kier molecular flexibility index (Phi) is 5.00. The molecule has 1 aliphatic carbocycles. The molecule has 1 aliphatic rings. The van der Waals surface area contributed by atoms with E-state index in [0.717, 1.165) is 24.8 Å². The smallest absolute Gasteiger partial charge is 0.260 e. The monoisotopic (exact) mass is 395 g/mol. The van der Waals surface area contributed by atoms with Crippen molar-refractivity contribution in [3.8, 4) is 0 Å². The first-order valence-corrected chi connectivity index (χ1v) is 10.1. The quantitative estimate of drug-likeness (QED) is 0.660. The molecule has 0 saturated heterocycles. The maximum absolute atomic E-state index is 12.6. The van der Waals surface area contributed by atoms with Crippen molar-refractivity contribution in [1.82, 2.24) is 10.3 Å². The van der Waals surface area contributed by atoms with Crippen molar-refractivity contribution in [2.75, 3.05) is 5.32 Å². The Labute approximate surface area is 167 Å². The first-order chi connectivity index (χ1) is 13.6. The van der Waals surface area contributed by atoms with Crippen LogP contribution in [0.1, 0.15) is 46.6 Å². The van der Waals surface area contributed by atoms with Gasteiger partial charge >= 0.3 is 0 Å². The molecule has 2 aromatic heterocycles. The van der Waals surface area contributed by atoms with Gasteiger partial charge in [0.25, 0.3) is 5.91 Å². The maximum Gasteiger partial charge on any atom is 0.260 e. The highest BCUT2D eigenvalue weighted by atomic mass is 32.1. The van der Waals surface area contributed by atoms with E-state index in [1.54, 1.807) is 18.4 Å². The van der Waals surface area contributed by atoms with E-state index in [4.69, 9.17) is 4.42 Å². The van der Waals surface area contributed by atoms with E-state index >= 15 is 0 Å². The van der Waals surface area contributed by atoms with Crippen LogP contribution in [0.3, 0.4) is 0 Å². The van der Waals surface area contributed by atoms with Gasteiger partial charge in [0.2, 0.25) is 5.91 Å². The zero-order chi connectivity index (χ0) is 19.6. The minimum Gasteiger partial charge on any atom is -0.469 e. The third-order valence-corrected chi connectivity index (χ3v) is 5.94. The van der Waals surface area contributed by atoms with Crippen LogP contribution >= 0.6 is 11.3 Å². The normalized spacial score (nSPS) is 14.9. The Balaban J connectivity index is 1.38. The van der Waals surface area contributed by atoms with Crippen molar-refractivity contribution in [3.63, 3.8) is 0 Å². The predicted octanol–water partition coefficient (Wildman–Crippen LogP) is 4.03. The van der Waals surface area contributed by atoms with Gasteiger partial charge in [0.05, 0.1) is 29.5 Å². The van der Waals surface area contributed by atoms with Crippen LogP contribution in [0.15, 0.2) is 52.5 Å². The summed E-state index contributed by atoms with van der Waals surface area (Å²) in [5, 5.41) is 8.22. The van der Waals surface area contributed by atoms with Crippen LogP contribution in [0.2, 0.25) is 0 Å². The largest absolute Gasteiger partial charge is 0.469 e. The standard InChI is InChI=1S/C21H21N3O3S/c1-14-17(8-11-27-14)19(26)23-20-22-16(13-28-20)12-18(25)24-21(9-5-10-21)15-6-3-2-4-7-15/h2-4,6-8,11,13H,5,9-10,12H2,1H3,(H,24,25)(H,22,23,26). The average Bonchev–Trinajstić information content (AvgIpc) is 3.27.